The molecule has 2 atom stereocenters. The van der Waals surface area contributed by atoms with Gasteiger partial charge in [-0.05, 0) is 25.2 Å². The number of ketones is 1. The van der Waals surface area contributed by atoms with Crippen molar-refractivity contribution in [3.05, 3.63) is 12.2 Å². The number of carboxylic acid groups (broad SMARTS) is 1. The van der Waals surface area contributed by atoms with Gasteiger partial charge < -0.3 is 9.66 Å². The van der Waals surface area contributed by atoms with Crippen molar-refractivity contribution in [3.8, 4) is 0 Å². The van der Waals surface area contributed by atoms with Crippen LogP contribution in [0.2, 0.25) is 0 Å². The van der Waals surface area contributed by atoms with Crippen molar-refractivity contribution in [1.29, 1.82) is 0 Å². The van der Waals surface area contributed by atoms with E-state index in [1.165, 1.54) is 0 Å². The molecule has 9 heteroatoms. The second-order valence-corrected chi connectivity index (χ2v) is 5.75. The topological polar surface area (TPSA) is 121 Å². The van der Waals surface area contributed by atoms with Gasteiger partial charge in [-0.2, -0.15) is 0 Å². The maximum absolute atomic E-state index is 11.6. The van der Waals surface area contributed by atoms with E-state index in [-0.39, 0.29) is 66.6 Å². The third kappa shape index (κ3) is 8.70. The van der Waals surface area contributed by atoms with Crippen molar-refractivity contribution in [2.45, 2.75) is 32.1 Å². The van der Waals surface area contributed by atoms with Crippen LogP contribution in [-0.2, 0) is 24.2 Å². The van der Waals surface area contributed by atoms with Crippen LogP contribution in [-0.4, -0.2) is 36.4 Å². The third-order valence-corrected chi connectivity index (χ3v) is 3.71. The molecule has 0 unspecified atom stereocenters. The van der Waals surface area contributed by atoms with Crippen LogP contribution in [0, 0.1) is 11.8 Å². The standard InChI is InChI=1S/C12H18O7S.Na/c13-11-6-5-9(8-12(14)15)10(11)4-2-1-3-7-19-20(16,17)18;/h1-2,9-10H,3-8H2,(H,14,15)(H,16,17,18);/q;+1/p-1/b2-1-;/t9-,10-;/m0./s1. The van der Waals surface area contributed by atoms with E-state index in [0.29, 0.717) is 19.3 Å². The summed E-state index contributed by atoms with van der Waals surface area (Å²) < 4.78 is 34.5. The molecule has 0 bridgehead atoms. The molecular weight excluding hydrogens is 311 g/mol. The van der Waals surface area contributed by atoms with E-state index in [1.54, 1.807) is 12.2 Å². The van der Waals surface area contributed by atoms with Crippen molar-refractivity contribution in [2.24, 2.45) is 11.8 Å². The van der Waals surface area contributed by atoms with Crippen LogP contribution in [0.25, 0.3) is 0 Å². The fourth-order valence-corrected chi connectivity index (χ4v) is 2.65. The van der Waals surface area contributed by atoms with Crippen molar-refractivity contribution >= 4 is 22.2 Å². The molecule has 21 heavy (non-hydrogen) atoms. The van der Waals surface area contributed by atoms with Crippen LogP contribution in [0.3, 0.4) is 0 Å². The molecule has 7 nitrogen and oxygen atoms in total. The molecule has 0 radical (unpaired) electrons. The Labute approximate surface area is 146 Å². The Balaban J connectivity index is 0.00000400. The Hall–Kier alpha value is -0.250. The summed E-state index contributed by atoms with van der Waals surface area (Å²) in [6, 6.07) is 0. The Morgan fingerprint density at radius 2 is 2.10 bits per heavy atom. The normalized spacial score (nSPS) is 22.4. The molecule has 1 aliphatic carbocycles. The van der Waals surface area contributed by atoms with Gasteiger partial charge in [-0.15, -0.1) is 0 Å². The minimum Gasteiger partial charge on any atom is -0.726 e. The zero-order chi connectivity index (χ0) is 15.2. The number of rotatable bonds is 8. The van der Waals surface area contributed by atoms with E-state index in [4.69, 9.17) is 5.11 Å². The monoisotopic (exact) mass is 328 g/mol. The second-order valence-electron chi connectivity index (χ2n) is 4.70. The molecule has 1 N–H and O–H groups in total. The van der Waals surface area contributed by atoms with Gasteiger partial charge in [-0.25, -0.2) is 8.42 Å². The van der Waals surface area contributed by atoms with Gasteiger partial charge in [0.05, 0.1) is 6.61 Å². The summed E-state index contributed by atoms with van der Waals surface area (Å²) in [5.74, 6) is -1.26. The van der Waals surface area contributed by atoms with E-state index in [9.17, 15) is 22.6 Å². The molecule has 0 saturated heterocycles. The van der Waals surface area contributed by atoms with Crippen molar-refractivity contribution < 1.29 is 61.4 Å². The van der Waals surface area contributed by atoms with Crippen molar-refractivity contribution in [1.82, 2.24) is 0 Å². The summed E-state index contributed by atoms with van der Waals surface area (Å²) in [6.07, 6.45) is 4.99. The molecule has 0 aromatic rings. The van der Waals surface area contributed by atoms with E-state index in [1.807, 2.05) is 0 Å². The Kier molecular flexibility index (Phi) is 9.59. The molecule has 1 rings (SSSR count). The SMILES string of the molecule is O=C(O)C[C@@H]1CCC(=O)[C@H]1C/C=C\CCOS(=O)(=O)[O-].[Na+]. The maximum Gasteiger partial charge on any atom is 1.00 e. The first kappa shape index (κ1) is 20.8. The summed E-state index contributed by atoms with van der Waals surface area (Å²) in [6.45, 7) is -0.237. The number of hydrogen-bond acceptors (Lipinski definition) is 6. The largest absolute Gasteiger partial charge is 1.00 e. The second kappa shape index (κ2) is 9.70. The number of carbonyl (C=O) groups is 2. The Bertz CT molecular complexity index is 486. The van der Waals surface area contributed by atoms with Crippen LogP contribution >= 0.6 is 0 Å². The Morgan fingerprint density at radius 3 is 2.67 bits per heavy atom. The van der Waals surface area contributed by atoms with Gasteiger partial charge in [-0.3, -0.25) is 13.8 Å². The number of Topliss-reactive ketones (excluding diaryl/α,β-unsaturated/α-hetero) is 1. The number of hydrogen-bond donors (Lipinski definition) is 1. The fourth-order valence-electron chi connectivity index (χ4n) is 2.35. The summed E-state index contributed by atoms with van der Waals surface area (Å²) >= 11 is 0. The van der Waals surface area contributed by atoms with Gasteiger partial charge >= 0.3 is 35.5 Å². The first-order valence-electron chi connectivity index (χ1n) is 6.29. The van der Waals surface area contributed by atoms with Gasteiger partial charge in [0.2, 0.25) is 10.4 Å². The maximum atomic E-state index is 11.6. The molecule has 0 aromatic carbocycles. The van der Waals surface area contributed by atoms with Gasteiger partial charge in [0.1, 0.15) is 5.78 Å². The van der Waals surface area contributed by atoms with E-state index >= 15 is 0 Å². The van der Waals surface area contributed by atoms with Gasteiger partial charge in [0.25, 0.3) is 0 Å². The molecule has 0 spiro atoms. The zero-order valence-electron chi connectivity index (χ0n) is 11.9. The summed E-state index contributed by atoms with van der Waals surface area (Å²) in [4.78, 5) is 22.3. The minimum absolute atomic E-state index is 0. The minimum atomic E-state index is -4.66. The number of aliphatic carboxylic acids is 1. The average molecular weight is 328 g/mol. The quantitative estimate of drug-likeness (QED) is 0.178. The zero-order valence-corrected chi connectivity index (χ0v) is 14.7. The average Bonchev–Trinajstić information content (AvgIpc) is 2.63. The Morgan fingerprint density at radius 1 is 1.43 bits per heavy atom. The molecule has 0 aromatic heterocycles. The van der Waals surface area contributed by atoms with E-state index in [2.05, 4.69) is 4.18 Å². The molecule has 0 heterocycles. The first-order valence-corrected chi connectivity index (χ1v) is 7.62. The summed E-state index contributed by atoms with van der Waals surface area (Å²) in [5.41, 5.74) is 0. The molecule has 0 aliphatic heterocycles. The van der Waals surface area contributed by atoms with E-state index in [0.717, 1.165) is 0 Å². The predicted molar refractivity (Wildman–Crippen MR) is 67.5 cm³/mol. The van der Waals surface area contributed by atoms with Crippen LogP contribution in [0.4, 0.5) is 0 Å². The number of allylic oxidation sites excluding steroid dienone is 1. The molecule has 0 amide bonds. The van der Waals surface area contributed by atoms with Crippen LogP contribution in [0.1, 0.15) is 32.1 Å². The summed E-state index contributed by atoms with van der Waals surface area (Å²) in [5, 5.41) is 8.76. The fraction of sp³-hybridized carbons (Fsp3) is 0.667. The van der Waals surface area contributed by atoms with Gasteiger partial charge in [0, 0.05) is 18.8 Å². The summed E-state index contributed by atoms with van der Waals surface area (Å²) in [7, 11) is -4.66. The predicted octanol–water partition coefficient (Wildman–Crippen LogP) is -2.13. The molecular formula is C12H17NaO7S. The molecule has 1 fully saturated rings. The van der Waals surface area contributed by atoms with Crippen LogP contribution < -0.4 is 29.6 Å². The van der Waals surface area contributed by atoms with Crippen LogP contribution in [0.15, 0.2) is 12.2 Å². The first-order chi connectivity index (χ1) is 9.29. The van der Waals surface area contributed by atoms with E-state index < -0.39 is 16.4 Å². The van der Waals surface area contributed by atoms with Crippen LogP contribution in [0.5, 0.6) is 0 Å². The van der Waals surface area contributed by atoms with Gasteiger partial charge in [-0.1, -0.05) is 12.2 Å². The molecule has 1 saturated carbocycles. The number of carboxylic acids is 1. The molecule has 114 valence electrons. The number of carbonyl (C=O) groups excluding carboxylic acids is 1. The van der Waals surface area contributed by atoms with Gasteiger partial charge in [0.15, 0.2) is 0 Å². The molecule has 1 aliphatic rings. The van der Waals surface area contributed by atoms with Crippen molar-refractivity contribution in [3.63, 3.8) is 0 Å². The third-order valence-electron chi connectivity index (χ3n) is 3.25. The smallest absolute Gasteiger partial charge is 0.726 e. The van der Waals surface area contributed by atoms with Crippen molar-refractivity contribution in [2.75, 3.05) is 6.61 Å².